The van der Waals surface area contributed by atoms with E-state index in [2.05, 4.69) is 44.1 Å². The van der Waals surface area contributed by atoms with Crippen LogP contribution in [-0.2, 0) is 76.9 Å². The summed E-state index contributed by atoms with van der Waals surface area (Å²) >= 11 is 0. The van der Waals surface area contributed by atoms with Gasteiger partial charge in [-0.25, -0.2) is 0 Å². The lowest BCUT2D eigenvalue weighted by molar-refractivity contribution is -0.133. The molecule has 0 spiro atoms. The van der Waals surface area contributed by atoms with Crippen molar-refractivity contribution in [3.05, 3.63) is 276 Å². The van der Waals surface area contributed by atoms with E-state index in [1.54, 1.807) is 0 Å². The van der Waals surface area contributed by atoms with E-state index in [-0.39, 0.29) is 68.5 Å². The Morgan fingerprint density at radius 3 is 0.837 bits per heavy atom. The largest absolute Gasteiger partial charge is 0.354 e. The molecule has 0 saturated heterocycles. The van der Waals surface area contributed by atoms with Crippen LogP contribution in [0.4, 0.5) is 0 Å². The number of ketones is 1. The summed E-state index contributed by atoms with van der Waals surface area (Å²) in [5, 5.41) is 31.0. The fourth-order valence-electron chi connectivity index (χ4n) is 12.9. The van der Waals surface area contributed by atoms with Gasteiger partial charge in [0, 0.05) is 51.5 Å². The standard InChI is InChI=1S/C47H51N5O4.C40H42N4O4/c1-2-3-25-49-45(54)41(29-32-18-21-35-11-4-7-14-38(35)26-32)51-47(56)43(31-34-20-23-37-13-6-9-16-40(37)28-34)52-46(55)42(50-44(53)17-10-24-48)30-33-19-22-36-12-5-8-15-39(36)27-33;1-27(45)35(24-28-10-3-2-4-11-28)43-40(48)37(26-30-18-20-32-13-6-8-15-34(32)23-30)44-39(47)36(42-38(46)16-9-21-41)25-29-17-19-31-12-5-7-14-33(31)22-29/h4-9,11-16,18-23,26-28,41-43H,2-3,10,17,24-25,29-31,48H2,1H3,(H,49,54)(H,50,53)(H,51,56)(H,52,55);2-8,10-15,17-20,22-23,35-37H,9,16,21,24-26,41H2,1H3,(H,42,46)(H,43,48)(H,44,47). The molecule has 0 heterocycles. The highest BCUT2D eigenvalue weighted by Crippen LogP contribution is 2.23. The van der Waals surface area contributed by atoms with E-state index in [9.17, 15) is 38.4 Å². The van der Waals surface area contributed by atoms with Gasteiger partial charge in [0.25, 0.3) is 0 Å². The molecule has 17 heteroatoms. The number of carbonyl (C=O) groups is 8. The minimum Gasteiger partial charge on any atom is -0.354 e. The van der Waals surface area contributed by atoms with Crippen LogP contribution < -0.4 is 48.7 Å². The van der Waals surface area contributed by atoms with Gasteiger partial charge in [0.1, 0.15) is 30.2 Å². The highest BCUT2D eigenvalue weighted by atomic mass is 16.2. The number of nitrogens with one attached hydrogen (secondary N) is 7. The minimum atomic E-state index is -1.06. The monoisotopic (exact) mass is 1390 g/mol. The lowest BCUT2D eigenvalue weighted by Crippen LogP contribution is -2.58. The zero-order chi connectivity index (χ0) is 73.2. The number of Topliss-reactive ketones (excluding diaryl/α,β-unsaturated/α-hetero) is 1. The maximum absolute atomic E-state index is 14.5. The predicted octanol–water partition coefficient (Wildman–Crippen LogP) is 11.1. The summed E-state index contributed by atoms with van der Waals surface area (Å²) in [6.07, 6.45) is 4.37. The van der Waals surface area contributed by atoms with E-state index in [4.69, 9.17) is 11.5 Å². The maximum atomic E-state index is 14.5. The Hall–Kier alpha value is -11.4. The number of benzene rings is 11. The van der Waals surface area contributed by atoms with Gasteiger partial charge in [-0.05, 0) is 133 Å². The van der Waals surface area contributed by atoms with Crippen molar-refractivity contribution < 1.29 is 38.4 Å². The Balaban J connectivity index is 0.000000226. The zero-order valence-corrected chi connectivity index (χ0v) is 59.1. The Morgan fingerprint density at radius 1 is 0.288 bits per heavy atom. The molecule has 7 amide bonds. The quantitative estimate of drug-likeness (QED) is 0.0176. The third-order valence-corrected chi connectivity index (χ3v) is 18.6. The van der Waals surface area contributed by atoms with Gasteiger partial charge in [-0.15, -0.1) is 0 Å². The lowest BCUT2D eigenvalue weighted by Gasteiger charge is -2.26. The molecule has 0 fully saturated rings. The van der Waals surface area contributed by atoms with Crippen LogP contribution >= 0.6 is 0 Å². The van der Waals surface area contributed by atoms with Crippen LogP contribution in [0.15, 0.2) is 243 Å². The molecule has 0 bridgehead atoms. The number of amides is 7. The third-order valence-electron chi connectivity index (χ3n) is 18.6. The number of nitrogens with two attached hydrogens (primary N) is 2. The van der Waals surface area contributed by atoms with Crippen molar-refractivity contribution in [1.29, 1.82) is 0 Å². The Kier molecular flexibility index (Phi) is 27.5. The van der Waals surface area contributed by atoms with Gasteiger partial charge >= 0.3 is 0 Å². The second-order valence-electron chi connectivity index (χ2n) is 26.6. The molecule has 11 rings (SSSR count). The molecule has 6 unspecified atom stereocenters. The van der Waals surface area contributed by atoms with Crippen molar-refractivity contribution in [2.45, 2.75) is 127 Å². The zero-order valence-electron chi connectivity index (χ0n) is 59.1. The summed E-state index contributed by atoms with van der Waals surface area (Å²) in [4.78, 5) is 109. The molecule has 534 valence electrons. The normalized spacial score (nSPS) is 12.9. The van der Waals surface area contributed by atoms with Crippen LogP contribution in [0.2, 0.25) is 0 Å². The first-order chi connectivity index (χ1) is 50.6. The van der Waals surface area contributed by atoms with Crippen LogP contribution in [0.3, 0.4) is 0 Å². The van der Waals surface area contributed by atoms with Gasteiger partial charge in [0.05, 0.1) is 6.04 Å². The summed E-state index contributed by atoms with van der Waals surface area (Å²) in [6.45, 7) is 4.67. The molecule has 17 nitrogen and oxygen atoms in total. The topological polar surface area (TPSA) is 273 Å². The molecule has 0 saturated carbocycles. The summed E-state index contributed by atoms with van der Waals surface area (Å²) in [5.74, 6) is -3.05. The molecule has 0 aliphatic carbocycles. The average molecular weight is 1390 g/mol. The minimum absolute atomic E-state index is 0.159. The number of carbonyl (C=O) groups excluding carboxylic acids is 8. The van der Waals surface area contributed by atoms with Gasteiger partial charge in [-0.3, -0.25) is 38.4 Å². The van der Waals surface area contributed by atoms with Crippen LogP contribution in [0.1, 0.15) is 85.8 Å². The molecule has 0 aromatic heterocycles. The second-order valence-corrected chi connectivity index (χ2v) is 26.6. The van der Waals surface area contributed by atoms with Gasteiger partial charge in [-0.1, -0.05) is 256 Å². The van der Waals surface area contributed by atoms with Crippen molar-refractivity contribution in [1.82, 2.24) is 37.2 Å². The Morgan fingerprint density at radius 2 is 0.548 bits per heavy atom. The van der Waals surface area contributed by atoms with Crippen LogP contribution in [0, 0.1) is 0 Å². The van der Waals surface area contributed by atoms with E-state index in [1.807, 2.05) is 243 Å². The van der Waals surface area contributed by atoms with Crippen LogP contribution in [0.5, 0.6) is 0 Å². The van der Waals surface area contributed by atoms with E-state index in [0.717, 1.165) is 100 Å². The van der Waals surface area contributed by atoms with Crippen molar-refractivity contribution in [2.24, 2.45) is 11.5 Å². The van der Waals surface area contributed by atoms with Gasteiger partial charge in [0.15, 0.2) is 5.78 Å². The van der Waals surface area contributed by atoms with Crippen molar-refractivity contribution >= 4 is 101 Å². The summed E-state index contributed by atoms with van der Waals surface area (Å²) in [7, 11) is 0. The number of rotatable bonds is 33. The molecule has 11 aromatic carbocycles. The second kappa shape index (κ2) is 38.0. The van der Waals surface area contributed by atoms with Crippen molar-refractivity contribution in [3.8, 4) is 0 Å². The molecule has 104 heavy (non-hydrogen) atoms. The van der Waals surface area contributed by atoms with E-state index in [0.29, 0.717) is 38.9 Å². The van der Waals surface area contributed by atoms with Gasteiger partial charge in [-0.2, -0.15) is 0 Å². The lowest BCUT2D eigenvalue weighted by atomic mass is 9.98. The first kappa shape index (κ1) is 75.3. The number of hydrogen-bond donors (Lipinski definition) is 9. The number of hydrogen-bond acceptors (Lipinski definition) is 10. The summed E-state index contributed by atoms with van der Waals surface area (Å²) in [5.41, 5.74) is 16.5. The first-order valence-corrected chi connectivity index (χ1v) is 36.0. The number of unbranched alkanes of at least 4 members (excludes halogenated alkanes) is 1. The molecule has 11 N–H and O–H groups in total. The fraction of sp³-hybridized carbons (Fsp3) is 0.264. The summed E-state index contributed by atoms with van der Waals surface area (Å²) in [6, 6.07) is 73.3. The molecule has 0 aliphatic rings. The van der Waals surface area contributed by atoms with Crippen LogP contribution in [0.25, 0.3) is 53.9 Å². The molecule has 6 atom stereocenters. The predicted molar refractivity (Wildman–Crippen MR) is 415 cm³/mol. The highest BCUT2D eigenvalue weighted by Gasteiger charge is 2.33. The molecular weight excluding hydrogens is 1300 g/mol. The Labute approximate surface area is 607 Å². The number of fused-ring (bicyclic) bond motifs is 5. The smallest absolute Gasteiger partial charge is 0.243 e. The third kappa shape index (κ3) is 22.1. The highest BCUT2D eigenvalue weighted by molar-refractivity contribution is 5.97. The molecular formula is C87H93N9O8. The van der Waals surface area contributed by atoms with Gasteiger partial charge < -0.3 is 48.7 Å². The summed E-state index contributed by atoms with van der Waals surface area (Å²) < 4.78 is 0. The van der Waals surface area contributed by atoms with Crippen molar-refractivity contribution in [2.75, 3.05) is 19.6 Å². The SMILES string of the molecule is CC(=O)C(Cc1ccccc1)NC(=O)C(Cc1ccc2ccccc2c1)NC(=O)C(Cc1ccc2ccccc2c1)NC(=O)CCCN.CCCCNC(=O)C(Cc1ccc2ccccc2c1)NC(=O)C(Cc1ccc2ccccc2c1)NC(=O)C(Cc1ccc2ccccc2c1)NC(=O)CCCN. The Bertz CT molecular complexity index is 4790. The van der Waals surface area contributed by atoms with E-state index >= 15 is 0 Å². The average Bonchev–Trinajstić information content (AvgIpc) is 0.850. The van der Waals surface area contributed by atoms with Crippen molar-refractivity contribution in [3.63, 3.8) is 0 Å². The van der Waals surface area contributed by atoms with E-state index in [1.165, 1.54) is 6.92 Å². The van der Waals surface area contributed by atoms with Crippen LogP contribution in [-0.4, -0.2) is 103 Å². The van der Waals surface area contributed by atoms with E-state index < -0.39 is 59.9 Å². The maximum Gasteiger partial charge on any atom is 0.243 e. The van der Waals surface area contributed by atoms with Gasteiger partial charge in [0.2, 0.25) is 41.4 Å². The fourth-order valence-corrected chi connectivity index (χ4v) is 12.9. The molecule has 0 radical (unpaired) electrons. The first-order valence-electron chi connectivity index (χ1n) is 36.0. The molecule has 11 aromatic rings. The molecule has 0 aliphatic heterocycles.